The minimum Gasteiger partial charge on any atom is -0.333 e. The van der Waals surface area contributed by atoms with Crippen molar-refractivity contribution in [3.05, 3.63) is 32.9 Å². The second-order valence-electron chi connectivity index (χ2n) is 3.17. The molecule has 0 bridgehead atoms. The third-order valence-electron chi connectivity index (χ3n) is 2.29. The van der Waals surface area contributed by atoms with E-state index in [-0.39, 0.29) is 0 Å². The minimum atomic E-state index is 0.365. The van der Waals surface area contributed by atoms with Crippen LogP contribution in [0.15, 0.2) is 12.1 Å². The van der Waals surface area contributed by atoms with Gasteiger partial charge in [-0.15, -0.1) is 0 Å². The number of hydrogen-bond acceptors (Lipinski definition) is 1. The summed E-state index contributed by atoms with van der Waals surface area (Å²) in [6.07, 6.45) is 0.706. The third-order valence-corrected chi connectivity index (χ3v) is 3.25. The number of aldehydes is 1. The molecule has 1 aromatic carbocycles. The van der Waals surface area contributed by atoms with Crippen LogP contribution in [0.3, 0.4) is 0 Å². The molecular formula is C10H6Cl3NO. The molecule has 0 spiro atoms. The van der Waals surface area contributed by atoms with Crippen LogP contribution in [-0.2, 0) is 7.05 Å². The molecule has 0 aliphatic heterocycles. The van der Waals surface area contributed by atoms with Crippen LogP contribution in [0.1, 0.15) is 10.4 Å². The van der Waals surface area contributed by atoms with E-state index in [9.17, 15) is 4.79 Å². The van der Waals surface area contributed by atoms with Crippen molar-refractivity contribution in [1.82, 2.24) is 4.57 Å². The zero-order valence-corrected chi connectivity index (χ0v) is 9.99. The van der Waals surface area contributed by atoms with Crippen LogP contribution in [0.4, 0.5) is 0 Å². The molecule has 0 amide bonds. The fraction of sp³-hybridized carbons (Fsp3) is 0.100. The highest BCUT2D eigenvalue weighted by molar-refractivity contribution is 6.40. The number of hydrogen-bond donors (Lipinski definition) is 0. The van der Waals surface area contributed by atoms with Gasteiger partial charge in [0.2, 0.25) is 0 Å². The molecule has 0 radical (unpaired) electrons. The van der Waals surface area contributed by atoms with E-state index in [4.69, 9.17) is 34.8 Å². The zero-order valence-electron chi connectivity index (χ0n) is 7.72. The summed E-state index contributed by atoms with van der Waals surface area (Å²) in [4.78, 5) is 10.9. The first-order valence-electron chi connectivity index (χ1n) is 4.14. The molecule has 5 heteroatoms. The molecule has 2 nitrogen and oxygen atoms in total. The number of nitrogens with zero attached hydrogens (tertiary/aromatic N) is 1. The molecule has 1 aromatic heterocycles. The average molecular weight is 263 g/mol. The van der Waals surface area contributed by atoms with Gasteiger partial charge in [-0.05, 0) is 12.1 Å². The summed E-state index contributed by atoms with van der Waals surface area (Å²) in [5.74, 6) is 0. The van der Waals surface area contributed by atoms with Gasteiger partial charge in [-0.3, -0.25) is 4.79 Å². The quantitative estimate of drug-likeness (QED) is 0.713. The Hall–Kier alpha value is -0.700. The number of aromatic nitrogens is 1. The lowest BCUT2D eigenvalue weighted by Crippen LogP contribution is -1.87. The Morgan fingerprint density at radius 1 is 1.27 bits per heavy atom. The summed E-state index contributed by atoms with van der Waals surface area (Å²) < 4.78 is 1.67. The highest BCUT2D eigenvalue weighted by Crippen LogP contribution is 2.34. The first-order valence-corrected chi connectivity index (χ1v) is 5.27. The Balaban J connectivity index is 3.03. The van der Waals surface area contributed by atoms with Crippen LogP contribution in [-0.4, -0.2) is 10.9 Å². The second-order valence-corrected chi connectivity index (χ2v) is 4.37. The normalized spacial score (nSPS) is 10.9. The van der Waals surface area contributed by atoms with Crippen molar-refractivity contribution in [2.45, 2.75) is 0 Å². The van der Waals surface area contributed by atoms with Crippen LogP contribution >= 0.6 is 34.8 Å². The monoisotopic (exact) mass is 261 g/mol. The summed E-state index contributed by atoms with van der Waals surface area (Å²) in [5, 5.41) is 2.01. The maximum absolute atomic E-state index is 10.9. The topological polar surface area (TPSA) is 22.0 Å². The summed E-state index contributed by atoms with van der Waals surface area (Å²) in [6, 6.07) is 3.30. The van der Waals surface area contributed by atoms with Gasteiger partial charge in [0.25, 0.3) is 0 Å². The number of aryl methyl sites for hydroxylation is 1. The van der Waals surface area contributed by atoms with E-state index in [1.165, 1.54) is 0 Å². The van der Waals surface area contributed by atoms with Crippen molar-refractivity contribution in [3.8, 4) is 0 Å². The van der Waals surface area contributed by atoms with Crippen LogP contribution in [0, 0.1) is 0 Å². The van der Waals surface area contributed by atoms with Crippen LogP contribution in [0.25, 0.3) is 10.9 Å². The molecule has 15 heavy (non-hydrogen) atoms. The predicted molar refractivity (Wildman–Crippen MR) is 63.3 cm³/mol. The van der Waals surface area contributed by atoms with E-state index in [1.807, 2.05) is 0 Å². The molecule has 0 aliphatic rings. The summed E-state index contributed by atoms with van der Waals surface area (Å²) >= 11 is 17.9. The minimum absolute atomic E-state index is 0.365. The second kappa shape index (κ2) is 3.71. The third kappa shape index (κ3) is 1.53. The number of rotatable bonds is 1. The van der Waals surface area contributed by atoms with Crippen LogP contribution < -0.4 is 0 Å². The zero-order chi connectivity index (χ0) is 11.2. The van der Waals surface area contributed by atoms with Crippen molar-refractivity contribution >= 4 is 52.0 Å². The molecule has 78 valence electrons. The molecule has 0 N–H and O–H groups in total. The summed E-state index contributed by atoms with van der Waals surface area (Å²) in [5.41, 5.74) is 1.13. The standard InChI is InChI=1S/C10H6Cl3NO/c1-14-9-6(7(4-15)10(14)13)2-5(11)3-8(9)12/h2-4H,1H3. The Morgan fingerprint density at radius 2 is 1.93 bits per heavy atom. The smallest absolute Gasteiger partial charge is 0.153 e. The van der Waals surface area contributed by atoms with Gasteiger partial charge in [0.05, 0.1) is 16.1 Å². The predicted octanol–water partition coefficient (Wildman–Crippen LogP) is 3.95. The molecule has 0 atom stereocenters. The largest absolute Gasteiger partial charge is 0.333 e. The van der Waals surface area contributed by atoms with Gasteiger partial charge >= 0.3 is 0 Å². The highest BCUT2D eigenvalue weighted by atomic mass is 35.5. The summed E-state index contributed by atoms with van der Waals surface area (Å²) in [6.45, 7) is 0. The fourth-order valence-electron chi connectivity index (χ4n) is 1.61. The summed E-state index contributed by atoms with van der Waals surface area (Å²) in [7, 11) is 1.75. The first kappa shape index (κ1) is 10.8. The van der Waals surface area contributed by atoms with Gasteiger partial charge in [-0.2, -0.15) is 0 Å². The van der Waals surface area contributed by atoms with Crippen molar-refractivity contribution in [3.63, 3.8) is 0 Å². The van der Waals surface area contributed by atoms with Gasteiger partial charge in [-0.1, -0.05) is 34.8 Å². The molecule has 2 rings (SSSR count). The maximum atomic E-state index is 10.9. The number of carbonyl (C=O) groups is 1. The van der Waals surface area contributed by atoms with Crippen LogP contribution in [0.5, 0.6) is 0 Å². The van der Waals surface area contributed by atoms with E-state index in [1.54, 1.807) is 23.7 Å². The SMILES string of the molecule is Cn1c(Cl)c(C=O)c2cc(Cl)cc(Cl)c21. The van der Waals surface area contributed by atoms with E-state index in [0.717, 1.165) is 0 Å². The average Bonchev–Trinajstić information content (AvgIpc) is 2.39. The van der Waals surface area contributed by atoms with Crippen LogP contribution in [0.2, 0.25) is 15.2 Å². The van der Waals surface area contributed by atoms with E-state index in [2.05, 4.69) is 0 Å². The molecule has 1 heterocycles. The molecule has 0 saturated heterocycles. The van der Waals surface area contributed by atoms with E-state index < -0.39 is 0 Å². The Morgan fingerprint density at radius 3 is 2.53 bits per heavy atom. The lowest BCUT2D eigenvalue weighted by atomic mass is 10.2. The first-order chi connectivity index (χ1) is 7.06. The molecule has 0 fully saturated rings. The number of benzene rings is 1. The lowest BCUT2D eigenvalue weighted by Gasteiger charge is -2.00. The van der Waals surface area contributed by atoms with Gasteiger partial charge in [0.15, 0.2) is 6.29 Å². The van der Waals surface area contributed by atoms with Gasteiger partial charge in [0.1, 0.15) is 5.15 Å². The van der Waals surface area contributed by atoms with E-state index in [0.29, 0.717) is 38.0 Å². The van der Waals surface area contributed by atoms with Gasteiger partial charge < -0.3 is 4.57 Å². The molecule has 2 aromatic rings. The van der Waals surface area contributed by atoms with Gasteiger partial charge in [-0.25, -0.2) is 0 Å². The Kier molecular flexibility index (Phi) is 2.67. The molecule has 0 unspecified atom stereocenters. The van der Waals surface area contributed by atoms with E-state index >= 15 is 0 Å². The molecule has 0 aliphatic carbocycles. The van der Waals surface area contributed by atoms with Crippen molar-refractivity contribution < 1.29 is 4.79 Å². The van der Waals surface area contributed by atoms with Crippen molar-refractivity contribution in [1.29, 1.82) is 0 Å². The number of carbonyl (C=O) groups excluding carboxylic acids is 1. The number of halogens is 3. The maximum Gasteiger partial charge on any atom is 0.153 e. The Bertz CT molecular complexity index is 560. The Labute approximate surface area is 101 Å². The fourth-order valence-corrected chi connectivity index (χ4v) is 2.47. The van der Waals surface area contributed by atoms with Crippen molar-refractivity contribution in [2.75, 3.05) is 0 Å². The molecule has 0 saturated carbocycles. The highest BCUT2D eigenvalue weighted by Gasteiger charge is 2.15. The molecular weight excluding hydrogens is 256 g/mol. The van der Waals surface area contributed by atoms with Gasteiger partial charge in [0, 0.05) is 17.5 Å². The van der Waals surface area contributed by atoms with Crippen molar-refractivity contribution in [2.24, 2.45) is 7.05 Å². The lowest BCUT2D eigenvalue weighted by molar-refractivity contribution is 0.112. The number of fused-ring (bicyclic) bond motifs is 1.